The van der Waals surface area contributed by atoms with Gasteiger partial charge in [0.25, 0.3) is 0 Å². The van der Waals surface area contributed by atoms with E-state index >= 15 is 0 Å². The van der Waals surface area contributed by atoms with Crippen LogP contribution in [0.15, 0.2) is 24.3 Å². The minimum absolute atomic E-state index is 0.236. The molecule has 0 radical (unpaired) electrons. The lowest BCUT2D eigenvalue weighted by atomic mass is 10.2. The highest BCUT2D eigenvalue weighted by atomic mass is 32.1. The lowest BCUT2D eigenvalue weighted by molar-refractivity contribution is 0.343. The first kappa shape index (κ1) is 13.6. The van der Waals surface area contributed by atoms with Crippen molar-refractivity contribution in [2.45, 2.75) is 13.5 Å². The molecule has 1 heterocycles. The normalized spacial score (nSPS) is 10.5. The zero-order valence-electron chi connectivity index (χ0n) is 10.9. The Morgan fingerprint density at radius 2 is 2.26 bits per heavy atom. The van der Waals surface area contributed by atoms with Gasteiger partial charge in [0.15, 0.2) is 16.6 Å². The van der Waals surface area contributed by atoms with Crippen LogP contribution in [0.1, 0.15) is 12.5 Å². The van der Waals surface area contributed by atoms with E-state index in [1.165, 1.54) is 23.7 Å². The van der Waals surface area contributed by atoms with Crippen LogP contribution >= 0.6 is 11.5 Å². The summed E-state index contributed by atoms with van der Waals surface area (Å²) in [6, 6.07) is 6.52. The Morgan fingerprint density at radius 3 is 2.95 bits per heavy atom. The van der Waals surface area contributed by atoms with E-state index in [2.05, 4.69) is 4.37 Å². The fourth-order valence-electron chi connectivity index (χ4n) is 1.79. The minimum Gasteiger partial charge on any atom is -0.487 e. The van der Waals surface area contributed by atoms with Gasteiger partial charge in [-0.25, -0.2) is 4.39 Å². The summed E-state index contributed by atoms with van der Waals surface area (Å²) in [4.78, 5) is 1.95. The third-order valence-electron chi connectivity index (χ3n) is 2.60. The molecule has 4 nitrogen and oxygen atoms in total. The summed E-state index contributed by atoms with van der Waals surface area (Å²) in [5.41, 5.74) is 6.66. The van der Waals surface area contributed by atoms with E-state index in [0.717, 1.165) is 10.6 Å². The van der Waals surface area contributed by atoms with Gasteiger partial charge in [-0.3, -0.25) is 0 Å². The molecule has 0 amide bonds. The van der Waals surface area contributed by atoms with Crippen LogP contribution in [0, 0.1) is 5.82 Å². The number of nitrogens with zero attached hydrogens (tertiary/aromatic N) is 2. The highest BCUT2D eigenvalue weighted by molar-refractivity contribution is 7.11. The third kappa shape index (κ3) is 3.14. The first-order chi connectivity index (χ1) is 9.11. The van der Waals surface area contributed by atoms with E-state index in [9.17, 15) is 4.39 Å². The predicted octanol–water partition coefficient (Wildman–Crippen LogP) is 2.90. The summed E-state index contributed by atoms with van der Waals surface area (Å²) >= 11 is 1.28. The number of nitrogen functional groups attached to an aromatic ring is 1. The summed E-state index contributed by atoms with van der Waals surface area (Å²) in [5, 5.41) is 0.851. The fraction of sp³-hybridized carbons (Fsp3) is 0.308. The molecule has 102 valence electrons. The molecule has 2 N–H and O–H groups in total. The van der Waals surface area contributed by atoms with Gasteiger partial charge in [0.05, 0.1) is 6.61 Å². The van der Waals surface area contributed by atoms with Crippen molar-refractivity contribution in [3.8, 4) is 5.75 Å². The monoisotopic (exact) mass is 281 g/mol. The minimum atomic E-state index is -0.236. The Balaban J connectivity index is 2.18. The highest BCUT2D eigenvalue weighted by Crippen LogP contribution is 2.38. The van der Waals surface area contributed by atoms with Gasteiger partial charge < -0.3 is 15.4 Å². The van der Waals surface area contributed by atoms with E-state index < -0.39 is 0 Å². The van der Waals surface area contributed by atoms with Crippen molar-refractivity contribution in [2.75, 3.05) is 24.3 Å². The molecular weight excluding hydrogens is 265 g/mol. The van der Waals surface area contributed by atoms with Gasteiger partial charge in [0.1, 0.15) is 5.82 Å². The second kappa shape index (κ2) is 5.88. The molecule has 1 aromatic carbocycles. The van der Waals surface area contributed by atoms with Crippen molar-refractivity contribution in [1.29, 1.82) is 0 Å². The van der Waals surface area contributed by atoms with Crippen molar-refractivity contribution < 1.29 is 9.13 Å². The maximum Gasteiger partial charge on any atom is 0.197 e. The standard InChI is InChI=1S/C13H16FN3OS/c1-3-18-11-12(15)16-19-13(11)17(2)8-9-5-4-6-10(14)7-9/h4-7H,3,8H2,1-2H3,(H2,15,16). The number of ether oxygens (including phenoxy) is 1. The van der Waals surface area contributed by atoms with Crippen molar-refractivity contribution >= 4 is 22.4 Å². The summed E-state index contributed by atoms with van der Waals surface area (Å²) in [5.74, 6) is 0.763. The number of halogens is 1. The average molecular weight is 281 g/mol. The molecule has 19 heavy (non-hydrogen) atoms. The van der Waals surface area contributed by atoms with E-state index in [-0.39, 0.29) is 5.82 Å². The zero-order valence-corrected chi connectivity index (χ0v) is 11.7. The predicted molar refractivity (Wildman–Crippen MR) is 76.2 cm³/mol. The first-order valence-electron chi connectivity index (χ1n) is 5.95. The third-order valence-corrected chi connectivity index (χ3v) is 3.56. The summed E-state index contributed by atoms with van der Waals surface area (Å²) in [6.45, 7) is 3.00. The number of nitrogens with two attached hydrogens (primary N) is 1. The molecule has 0 bridgehead atoms. The summed E-state index contributed by atoms with van der Waals surface area (Å²) in [7, 11) is 1.90. The van der Waals surface area contributed by atoms with E-state index in [4.69, 9.17) is 10.5 Å². The van der Waals surface area contributed by atoms with Crippen molar-refractivity contribution in [1.82, 2.24) is 4.37 Å². The summed E-state index contributed by atoms with van der Waals surface area (Å²) in [6.07, 6.45) is 0. The molecule has 0 aliphatic carbocycles. The van der Waals surface area contributed by atoms with Gasteiger partial charge >= 0.3 is 0 Å². The Bertz CT molecular complexity index is 559. The first-order valence-corrected chi connectivity index (χ1v) is 6.72. The van der Waals surface area contributed by atoms with E-state index in [1.54, 1.807) is 6.07 Å². The fourth-order valence-corrected chi connectivity index (χ4v) is 2.51. The molecule has 0 atom stereocenters. The van der Waals surface area contributed by atoms with Gasteiger partial charge in [-0.05, 0) is 36.2 Å². The molecule has 0 saturated heterocycles. The topological polar surface area (TPSA) is 51.4 Å². The van der Waals surface area contributed by atoms with Crippen LogP contribution in [0.5, 0.6) is 5.75 Å². The van der Waals surface area contributed by atoms with Crippen LogP contribution in [0.4, 0.5) is 15.2 Å². The second-order valence-electron chi connectivity index (χ2n) is 4.12. The van der Waals surface area contributed by atoms with Gasteiger partial charge in [-0.1, -0.05) is 12.1 Å². The Kier molecular flexibility index (Phi) is 4.21. The lowest BCUT2D eigenvalue weighted by Crippen LogP contribution is -2.16. The number of hydrogen-bond donors (Lipinski definition) is 1. The molecule has 0 saturated carbocycles. The molecule has 6 heteroatoms. The van der Waals surface area contributed by atoms with Crippen LogP contribution in [0.25, 0.3) is 0 Å². The molecule has 1 aromatic heterocycles. The molecule has 2 aromatic rings. The molecule has 0 unspecified atom stereocenters. The van der Waals surface area contributed by atoms with Crippen molar-refractivity contribution in [3.63, 3.8) is 0 Å². The smallest absolute Gasteiger partial charge is 0.197 e. The van der Waals surface area contributed by atoms with Gasteiger partial charge in [0.2, 0.25) is 0 Å². The van der Waals surface area contributed by atoms with Crippen LogP contribution in [0.3, 0.4) is 0 Å². The number of benzene rings is 1. The maximum atomic E-state index is 13.2. The molecule has 0 aliphatic rings. The maximum absolute atomic E-state index is 13.2. The zero-order chi connectivity index (χ0) is 13.8. The summed E-state index contributed by atoms with van der Waals surface area (Å²) < 4.78 is 22.7. The Labute approximate surface area is 115 Å². The van der Waals surface area contributed by atoms with E-state index in [1.807, 2.05) is 24.9 Å². The van der Waals surface area contributed by atoms with Crippen molar-refractivity contribution in [3.05, 3.63) is 35.6 Å². The molecule has 2 rings (SSSR count). The van der Waals surface area contributed by atoms with Gasteiger partial charge in [0, 0.05) is 13.6 Å². The lowest BCUT2D eigenvalue weighted by Gasteiger charge is -2.18. The molecule has 0 aliphatic heterocycles. The number of aromatic nitrogens is 1. The SMILES string of the molecule is CCOc1c(N)nsc1N(C)Cc1cccc(F)c1. The van der Waals surface area contributed by atoms with Gasteiger partial charge in [-0.2, -0.15) is 4.37 Å². The highest BCUT2D eigenvalue weighted by Gasteiger charge is 2.16. The largest absolute Gasteiger partial charge is 0.487 e. The molecular formula is C13H16FN3OS. The van der Waals surface area contributed by atoms with Crippen LogP contribution in [-0.2, 0) is 6.54 Å². The quantitative estimate of drug-likeness (QED) is 0.915. The number of anilines is 2. The number of hydrogen-bond acceptors (Lipinski definition) is 5. The average Bonchev–Trinajstić information content (AvgIpc) is 2.72. The Morgan fingerprint density at radius 1 is 1.47 bits per heavy atom. The van der Waals surface area contributed by atoms with Crippen LogP contribution in [-0.4, -0.2) is 18.0 Å². The molecule has 0 spiro atoms. The second-order valence-corrected chi connectivity index (χ2v) is 4.87. The molecule has 0 fully saturated rings. The van der Waals surface area contributed by atoms with Crippen molar-refractivity contribution in [2.24, 2.45) is 0 Å². The van der Waals surface area contributed by atoms with E-state index in [0.29, 0.717) is 24.7 Å². The van der Waals surface area contributed by atoms with Crippen LogP contribution in [0.2, 0.25) is 0 Å². The van der Waals surface area contributed by atoms with Crippen LogP contribution < -0.4 is 15.4 Å². The van der Waals surface area contributed by atoms with Gasteiger partial charge in [-0.15, -0.1) is 0 Å². The number of rotatable bonds is 5. The Hall–Kier alpha value is -1.82.